The molecule has 1 saturated heterocycles. The number of rotatable bonds is 8. The van der Waals surface area contributed by atoms with Gasteiger partial charge in [0.05, 0.1) is 17.1 Å². The Balaban J connectivity index is 2.12. The maximum Gasteiger partial charge on any atom is 0.341 e. The van der Waals surface area contributed by atoms with E-state index in [2.05, 4.69) is 5.32 Å². The van der Waals surface area contributed by atoms with Crippen molar-refractivity contribution in [3.05, 3.63) is 33.9 Å². The van der Waals surface area contributed by atoms with Gasteiger partial charge in [0.15, 0.2) is 6.10 Å². The van der Waals surface area contributed by atoms with Gasteiger partial charge in [-0.1, -0.05) is 12.8 Å². The molecule has 1 aromatic rings. The zero-order valence-corrected chi connectivity index (χ0v) is 16.3. The fourth-order valence-corrected chi connectivity index (χ4v) is 3.08. The molecule has 154 valence electrons. The van der Waals surface area contributed by atoms with Crippen LogP contribution in [0, 0.1) is 10.1 Å². The van der Waals surface area contributed by atoms with Gasteiger partial charge in [-0.25, -0.2) is 4.79 Å². The number of esters is 1. The predicted molar refractivity (Wildman–Crippen MR) is 103 cm³/mol. The highest BCUT2D eigenvalue weighted by molar-refractivity contribution is 5.98. The highest BCUT2D eigenvalue weighted by atomic mass is 16.6. The second-order valence-corrected chi connectivity index (χ2v) is 6.69. The van der Waals surface area contributed by atoms with E-state index in [1.54, 1.807) is 12.0 Å². The van der Waals surface area contributed by atoms with Crippen molar-refractivity contribution in [3.63, 3.8) is 0 Å². The predicted octanol–water partition coefficient (Wildman–Crippen LogP) is 2.60. The summed E-state index contributed by atoms with van der Waals surface area (Å²) < 4.78 is 10.3. The lowest BCUT2D eigenvalue weighted by Crippen LogP contribution is -2.40. The van der Waals surface area contributed by atoms with Gasteiger partial charge in [0, 0.05) is 44.6 Å². The van der Waals surface area contributed by atoms with Crippen LogP contribution < -0.4 is 5.32 Å². The summed E-state index contributed by atoms with van der Waals surface area (Å²) in [5.74, 6) is -1.02. The number of nitrogens with zero attached hydrogens (tertiary/aromatic N) is 2. The van der Waals surface area contributed by atoms with Crippen molar-refractivity contribution in [2.24, 2.45) is 0 Å². The summed E-state index contributed by atoms with van der Waals surface area (Å²) in [5, 5.41) is 14.1. The van der Waals surface area contributed by atoms with Crippen LogP contribution in [0.1, 0.15) is 43.0 Å². The lowest BCUT2D eigenvalue weighted by atomic mass is 10.1. The second-order valence-electron chi connectivity index (χ2n) is 6.69. The summed E-state index contributed by atoms with van der Waals surface area (Å²) in [7, 11) is 1.54. The lowest BCUT2D eigenvalue weighted by molar-refractivity contribution is -0.384. The van der Waals surface area contributed by atoms with Gasteiger partial charge in [0.1, 0.15) is 0 Å². The number of anilines is 1. The standard InChI is InChI=1S/C19H27N3O6/c1-14(18(23)21-10-5-3-4-6-11-21)28-19(24)16-13-15(22(25)26)7-8-17(16)20-9-12-27-2/h7-8,13-14,20H,3-6,9-12H2,1-2H3. The molecule has 1 aliphatic rings. The van der Waals surface area contributed by atoms with Gasteiger partial charge >= 0.3 is 5.97 Å². The average molecular weight is 393 g/mol. The van der Waals surface area contributed by atoms with Crippen LogP contribution in [0.2, 0.25) is 0 Å². The molecule has 0 aliphatic carbocycles. The minimum atomic E-state index is -0.961. The molecule has 0 radical (unpaired) electrons. The van der Waals surface area contributed by atoms with E-state index in [1.807, 2.05) is 0 Å². The van der Waals surface area contributed by atoms with Crippen molar-refractivity contribution >= 4 is 23.3 Å². The maximum absolute atomic E-state index is 12.7. The van der Waals surface area contributed by atoms with Gasteiger partial charge in [-0.15, -0.1) is 0 Å². The normalized spacial score (nSPS) is 15.4. The van der Waals surface area contributed by atoms with Crippen LogP contribution in [0.4, 0.5) is 11.4 Å². The van der Waals surface area contributed by atoms with E-state index in [-0.39, 0.29) is 17.2 Å². The first kappa shape index (κ1) is 21.6. The molecule has 1 atom stereocenters. The summed E-state index contributed by atoms with van der Waals surface area (Å²) >= 11 is 0. The molecule has 1 aliphatic heterocycles. The van der Waals surface area contributed by atoms with Crippen molar-refractivity contribution in [2.45, 2.75) is 38.7 Å². The van der Waals surface area contributed by atoms with E-state index in [1.165, 1.54) is 19.1 Å². The van der Waals surface area contributed by atoms with Gasteiger partial charge in [-0.2, -0.15) is 0 Å². The number of carbonyl (C=O) groups excluding carboxylic acids is 2. The first-order chi connectivity index (χ1) is 13.4. The molecule has 2 rings (SSSR count). The first-order valence-corrected chi connectivity index (χ1v) is 9.45. The van der Waals surface area contributed by atoms with Crippen LogP contribution >= 0.6 is 0 Å². The van der Waals surface area contributed by atoms with Gasteiger partial charge in [0.2, 0.25) is 0 Å². The third-order valence-electron chi connectivity index (χ3n) is 4.60. The minimum absolute atomic E-state index is 0.0146. The van der Waals surface area contributed by atoms with Crippen LogP contribution in [0.3, 0.4) is 0 Å². The summed E-state index contributed by atoms with van der Waals surface area (Å²) in [5.41, 5.74) is 0.179. The van der Waals surface area contributed by atoms with E-state index < -0.39 is 17.0 Å². The molecule has 0 bridgehead atoms. The van der Waals surface area contributed by atoms with Crippen LogP contribution in [0.5, 0.6) is 0 Å². The van der Waals surface area contributed by atoms with Crippen molar-refractivity contribution in [3.8, 4) is 0 Å². The Labute approximate surface area is 164 Å². The second kappa shape index (κ2) is 10.6. The first-order valence-electron chi connectivity index (χ1n) is 9.45. The van der Waals surface area contributed by atoms with E-state index in [9.17, 15) is 19.7 Å². The number of carbonyl (C=O) groups is 2. The lowest BCUT2D eigenvalue weighted by Gasteiger charge is -2.24. The van der Waals surface area contributed by atoms with Gasteiger partial charge in [-0.05, 0) is 25.8 Å². The van der Waals surface area contributed by atoms with Crippen molar-refractivity contribution in [1.82, 2.24) is 4.90 Å². The third kappa shape index (κ3) is 5.91. The summed E-state index contributed by atoms with van der Waals surface area (Å²) in [6.45, 7) is 3.65. The number of hydrogen-bond donors (Lipinski definition) is 1. The van der Waals surface area contributed by atoms with Crippen molar-refractivity contribution in [1.29, 1.82) is 0 Å². The van der Waals surface area contributed by atoms with E-state index in [4.69, 9.17) is 9.47 Å². The Morgan fingerprint density at radius 3 is 2.54 bits per heavy atom. The topological polar surface area (TPSA) is 111 Å². The SMILES string of the molecule is COCCNc1ccc([N+](=O)[O-])cc1C(=O)OC(C)C(=O)N1CCCCCC1. The molecule has 1 fully saturated rings. The number of nitrogens with one attached hydrogen (secondary N) is 1. The number of likely N-dealkylation sites (tertiary alicyclic amines) is 1. The highest BCUT2D eigenvalue weighted by Gasteiger charge is 2.26. The Bertz CT molecular complexity index is 701. The Kier molecular flexibility index (Phi) is 8.19. The molecule has 0 spiro atoms. The number of ether oxygens (including phenoxy) is 2. The smallest absolute Gasteiger partial charge is 0.341 e. The van der Waals surface area contributed by atoms with E-state index >= 15 is 0 Å². The van der Waals surface area contributed by atoms with Gasteiger partial charge < -0.3 is 19.7 Å². The van der Waals surface area contributed by atoms with Gasteiger partial charge in [-0.3, -0.25) is 14.9 Å². The van der Waals surface area contributed by atoms with Crippen LogP contribution in [0.25, 0.3) is 0 Å². The molecular weight excluding hydrogens is 366 g/mol. The van der Waals surface area contributed by atoms with E-state index in [0.717, 1.165) is 31.7 Å². The summed E-state index contributed by atoms with van der Waals surface area (Å²) in [4.78, 5) is 37.5. The number of methoxy groups -OCH3 is 1. The highest BCUT2D eigenvalue weighted by Crippen LogP contribution is 2.24. The van der Waals surface area contributed by atoms with Crippen LogP contribution in [0.15, 0.2) is 18.2 Å². The molecule has 1 amide bonds. The number of non-ortho nitro benzene ring substituents is 1. The largest absolute Gasteiger partial charge is 0.449 e. The number of hydrogen-bond acceptors (Lipinski definition) is 7. The zero-order chi connectivity index (χ0) is 20.5. The molecule has 9 heteroatoms. The molecule has 0 aromatic heterocycles. The molecule has 1 aromatic carbocycles. The van der Waals surface area contributed by atoms with Crippen LogP contribution in [-0.4, -0.2) is 61.2 Å². The zero-order valence-electron chi connectivity index (χ0n) is 16.3. The van der Waals surface area contributed by atoms with Gasteiger partial charge in [0.25, 0.3) is 11.6 Å². The molecule has 1 unspecified atom stereocenters. The molecule has 1 heterocycles. The van der Waals surface area contributed by atoms with Crippen molar-refractivity contribution in [2.75, 3.05) is 38.7 Å². The monoisotopic (exact) mass is 393 g/mol. The summed E-state index contributed by atoms with van der Waals surface area (Å²) in [6.07, 6.45) is 3.08. The number of nitro groups is 1. The molecular formula is C19H27N3O6. The quantitative estimate of drug-likeness (QED) is 0.313. The molecule has 1 N–H and O–H groups in total. The van der Waals surface area contributed by atoms with Crippen LogP contribution in [-0.2, 0) is 14.3 Å². The fourth-order valence-electron chi connectivity index (χ4n) is 3.08. The molecule has 9 nitrogen and oxygen atoms in total. The Morgan fingerprint density at radius 2 is 1.93 bits per heavy atom. The maximum atomic E-state index is 12.7. The number of nitro benzene ring substituents is 1. The number of benzene rings is 1. The fraction of sp³-hybridized carbons (Fsp3) is 0.579. The minimum Gasteiger partial charge on any atom is -0.449 e. The molecule has 0 saturated carbocycles. The Morgan fingerprint density at radius 1 is 1.25 bits per heavy atom. The average Bonchev–Trinajstić information content (AvgIpc) is 2.97. The summed E-state index contributed by atoms with van der Waals surface area (Å²) in [6, 6.07) is 3.91. The van der Waals surface area contributed by atoms with Crippen molar-refractivity contribution < 1.29 is 24.0 Å². The number of amides is 1. The van der Waals surface area contributed by atoms with E-state index in [0.29, 0.717) is 31.9 Å². The third-order valence-corrected chi connectivity index (χ3v) is 4.60. The molecule has 28 heavy (non-hydrogen) atoms. The Hall–Kier alpha value is -2.68.